The highest BCUT2D eigenvalue weighted by Crippen LogP contribution is 2.30. The quantitative estimate of drug-likeness (QED) is 0.787. The SMILES string of the molecule is Cc1nn([C@H]2CCS(=O)(=O)C2)c(C)c1CN(C)c1ccc(C(F)(F)F)cn1. The molecule has 0 amide bonds. The van der Waals surface area contributed by atoms with Crippen LogP contribution >= 0.6 is 0 Å². The maximum Gasteiger partial charge on any atom is 0.417 e. The molecule has 0 bridgehead atoms. The number of anilines is 1. The van der Waals surface area contributed by atoms with Crippen molar-refractivity contribution < 1.29 is 21.6 Å². The Hall–Kier alpha value is -2.10. The van der Waals surface area contributed by atoms with Gasteiger partial charge in [0.1, 0.15) is 5.82 Å². The highest BCUT2D eigenvalue weighted by Gasteiger charge is 2.32. The second kappa shape index (κ2) is 6.81. The number of halogens is 3. The maximum absolute atomic E-state index is 12.7. The summed E-state index contributed by atoms with van der Waals surface area (Å²) in [5, 5.41) is 4.51. The van der Waals surface area contributed by atoms with E-state index in [4.69, 9.17) is 0 Å². The topological polar surface area (TPSA) is 68.1 Å². The first-order chi connectivity index (χ1) is 12.5. The first-order valence-corrected chi connectivity index (χ1v) is 10.3. The fourth-order valence-corrected chi connectivity index (χ4v) is 5.04. The smallest absolute Gasteiger partial charge is 0.355 e. The number of aryl methyl sites for hydroxylation is 1. The molecule has 0 spiro atoms. The Morgan fingerprint density at radius 3 is 2.52 bits per heavy atom. The lowest BCUT2D eigenvalue weighted by molar-refractivity contribution is -0.137. The van der Waals surface area contributed by atoms with Crippen LogP contribution in [0.4, 0.5) is 19.0 Å². The van der Waals surface area contributed by atoms with Crippen LogP contribution in [0.1, 0.15) is 35.0 Å². The average molecular weight is 402 g/mol. The average Bonchev–Trinajstić information content (AvgIpc) is 3.07. The minimum Gasteiger partial charge on any atom is -0.355 e. The van der Waals surface area contributed by atoms with Crippen LogP contribution in [-0.2, 0) is 22.6 Å². The molecule has 0 saturated carbocycles. The minimum absolute atomic E-state index is 0.0880. The lowest BCUT2D eigenvalue weighted by Gasteiger charge is -2.19. The molecule has 0 aliphatic carbocycles. The van der Waals surface area contributed by atoms with Gasteiger partial charge in [0.2, 0.25) is 0 Å². The van der Waals surface area contributed by atoms with E-state index in [9.17, 15) is 21.6 Å². The minimum atomic E-state index is -4.42. The Morgan fingerprint density at radius 1 is 1.30 bits per heavy atom. The van der Waals surface area contributed by atoms with Crippen LogP contribution in [0.2, 0.25) is 0 Å². The molecule has 1 aliphatic rings. The summed E-state index contributed by atoms with van der Waals surface area (Å²) in [7, 11) is -1.28. The van der Waals surface area contributed by atoms with E-state index >= 15 is 0 Å². The van der Waals surface area contributed by atoms with Crippen LogP contribution in [0.3, 0.4) is 0 Å². The number of nitrogens with zero attached hydrogens (tertiary/aromatic N) is 4. The molecule has 2 aromatic rings. The van der Waals surface area contributed by atoms with Crippen LogP contribution in [0.15, 0.2) is 18.3 Å². The standard InChI is InChI=1S/C17H21F3N4O2S/c1-11-15(12(2)24(22-11)14-6-7-27(25,26)10-14)9-23(3)16-5-4-13(8-21-16)17(18,19)20/h4-5,8,14H,6-7,9-10H2,1-3H3/t14-/m0/s1. The van der Waals surface area contributed by atoms with Gasteiger partial charge in [-0.25, -0.2) is 13.4 Å². The van der Waals surface area contributed by atoms with Crippen LogP contribution in [0.5, 0.6) is 0 Å². The third kappa shape index (κ3) is 4.10. The van der Waals surface area contributed by atoms with Gasteiger partial charge in [-0.15, -0.1) is 0 Å². The van der Waals surface area contributed by atoms with Crippen molar-refractivity contribution in [1.29, 1.82) is 0 Å². The first kappa shape index (κ1) is 19.7. The summed E-state index contributed by atoms with van der Waals surface area (Å²) in [5.74, 6) is 0.670. The second-order valence-corrected chi connectivity index (χ2v) is 9.14. The molecular formula is C17H21F3N4O2S. The maximum atomic E-state index is 12.7. The summed E-state index contributed by atoms with van der Waals surface area (Å²) >= 11 is 0. The van der Waals surface area contributed by atoms with Gasteiger partial charge < -0.3 is 4.90 Å². The van der Waals surface area contributed by atoms with Crippen molar-refractivity contribution in [2.75, 3.05) is 23.5 Å². The van der Waals surface area contributed by atoms with Crippen molar-refractivity contribution >= 4 is 15.7 Å². The van der Waals surface area contributed by atoms with Gasteiger partial charge in [-0.1, -0.05) is 0 Å². The number of aromatic nitrogens is 3. The van der Waals surface area contributed by atoms with Crippen LogP contribution in [0, 0.1) is 13.8 Å². The summed E-state index contributed by atoms with van der Waals surface area (Å²) in [4.78, 5) is 5.65. The predicted octanol–water partition coefficient (Wildman–Crippen LogP) is 2.91. The lowest BCUT2D eigenvalue weighted by Crippen LogP contribution is -2.19. The van der Waals surface area contributed by atoms with Gasteiger partial charge in [0.05, 0.1) is 28.8 Å². The van der Waals surface area contributed by atoms with E-state index in [0.29, 0.717) is 18.8 Å². The Kier molecular flexibility index (Phi) is 4.96. The van der Waals surface area contributed by atoms with Gasteiger partial charge in [0.15, 0.2) is 9.84 Å². The third-order valence-electron chi connectivity index (χ3n) is 4.89. The molecule has 27 heavy (non-hydrogen) atoms. The summed E-state index contributed by atoms with van der Waals surface area (Å²) in [6.07, 6.45) is -3.06. The predicted molar refractivity (Wildman–Crippen MR) is 95.4 cm³/mol. The summed E-state index contributed by atoms with van der Waals surface area (Å²) in [6.45, 7) is 4.14. The molecule has 0 N–H and O–H groups in total. The second-order valence-electron chi connectivity index (χ2n) is 6.91. The molecule has 0 unspecified atom stereocenters. The third-order valence-corrected chi connectivity index (χ3v) is 6.64. The van der Waals surface area contributed by atoms with E-state index in [1.807, 2.05) is 13.8 Å². The molecule has 2 aromatic heterocycles. The van der Waals surface area contributed by atoms with Gasteiger partial charge in [-0.2, -0.15) is 18.3 Å². The zero-order chi connectivity index (χ0) is 20.0. The van der Waals surface area contributed by atoms with E-state index in [-0.39, 0.29) is 17.5 Å². The monoisotopic (exact) mass is 402 g/mol. The molecule has 6 nitrogen and oxygen atoms in total. The molecule has 1 atom stereocenters. The van der Waals surface area contributed by atoms with Gasteiger partial charge >= 0.3 is 6.18 Å². The fraction of sp³-hybridized carbons (Fsp3) is 0.529. The molecular weight excluding hydrogens is 381 g/mol. The van der Waals surface area contributed by atoms with Crippen molar-refractivity contribution in [2.45, 2.75) is 39.0 Å². The van der Waals surface area contributed by atoms with E-state index in [1.54, 1.807) is 16.6 Å². The van der Waals surface area contributed by atoms with E-state index < -0.39 is 21.6 Å². The van der Waals surface area contributed by atoms with E-state index in [1.165, 1.54) is 6.07 Å². The number of rotatable bonds is 4. The van der Waals surface area contributed by atoms with Gasteiger partial charge in [-0.3, -0.25) is 4.68 Å². The molecule has 3 rings (SSSR count). The van der Waals surface area contributed by atoms with Gasteiger partial charge in [0, 0.05) is 31.0 Å². The fourth-order valence-electron chi connectivity index (χ4n) is 3.35. The molecule has 0 radical (unpaired) electrons. The van der Waals surface area contributed by atoms with Gasteiger partial charge in [0.25, 0.3) is 0 Å². The van der Waals surface area contributed by atoms with E-state index in [0.717, 1.165) is 29.2 Å². The Bertz CT molecular complexity index is 936. The summed E-state index contributed by atoms with van der Waals surface area (Å²) < 4.78 is 63.3. The van der Waals surface area contributed by atoms with Gasteiger partial charge in [-0.05, 0) is 32.4 Å². The number of pyridine rings is 1. The van der Waals surface area contributed by atoms with Crippen LogP contribution in [0.25, 0.3) is 0 Å². The highest BCUT2D eigenvalue weighted by atomic mass is 32.2. The Labute approximate surface area is 155 Å². The first-order valence-electron chi connectivity index (χ1n) is 8.47. The molecule has 1 aliphatic heterocycles. The Balaban J connectivity index is 1.79. The molecule has 0 aromatic carbocycles. The molecule has 10 heteroatoms. The highest BCUT2D eigenvalue weighted by molar-refractivity contribution is 7.91. The largest absolute Gasteiger partial charge is 0.417 e. The summed E-state index contributed by atoms with van der Waals surface area (Å²) in [5.41, 5.74) is 1.77. The lowest BCUT2D eigenvalue weighted by atomic mass is 10.1. The van der Waals surface area contributed by atoms with Crippen molar-refractivity contribution in [2.24, 2.45) is 0 Å². The molecule has 1 saturated heterocycles. The summed E-state index contributed by atoms with van der Waals surface area (Å²) in [6, 6.07) is 2.17. The zero-order valence-corrected chi connectivity index (χ0v) is 16.1. The van der Waals surface area contributed by atoms with E-state index in [2.05, 4.69) is 10.1 Å². The van der Waals surface area contributed by atoms with Crippen molar-refractivity contribution in [3.63, 3.8) is 0 Å². The number of hydrogen-bond acceptors (Lipinski definition) is 5. The normalized spacial score (nSPS) is 19.4. The number of sulfone groups is 1. The Morgan fingerprint density at radius 2 is 2.00 bits per heavy atom. The number of hydrogen-bond donors (Lipinski definition) is 0. The zero-order valence-electron chi connectivity index (χ0n) is 15.3. The molecule has 148 valence electrons. The van der Waals surface area contributed by atoms with Crippen molar-refractivity contribution in [3.8, 4) is 0 Å². The van der Waals surface area contributed by atoms with Crippen molar-refractivity contribution in [1.82, 2.24) is 14.8 Å². The van der Waals surface area contributed by atoms with Crippen molar-refractivity contribution in [3.05, 3.63) is 40.8 Å². The molecule has 1 fully saturated rings. The number of alkyl halides is 3. The van der Waals surface area contributed by atoms with Crippen LogP contribution < -0.4 is 4.90 Å². The van der Waals surface area contributed by atoms with Crippen LogP contribution in [-0.4, -0.2) is 41.7 Å². The molecule has 3 heterocycles.